The van der Waals surface area contributed by atoms with Crippen molar-refractivity contribution in [1.29, 1.82) is 5.26 Å². The average molecular weight is 401 g/mol. The van der Waals surface area contributed by atoms with Crippen molar-refractivity contribution in [2.45, 2.75) is 6.54 Å². The summed E-state index contributed by atoms with van der Waals surface area (Å²) in [6, 6.07) is 13.7. The van der Waals surface area contributed by atoms with Crippen molar-refractivity contribution < 1.29 is 13.9 Å². The third-order valence-electron chi connectivity index (χ3n) is 5.26. The number of carbonyl (C=O) groups is 1. The zero-order chi connectivity index (χ0) is 20.5. The van der Waals surface area contributed by atoms with Crippen LogP contribution in [-0.4, -0.2) is 46.5 Å². The van der Waals surface area contributed by atoms with Crippen LogP contribution in [0.3, 0.4) is 0 Å². The monoisotopic (exact) mass is 401 g/mol. The largest absolute Gasteiger partial charge is 0.467 e. The number of amides is 1. The molecule has 3 aromatic heterocycles. The Labute approximate surface area is 172 Å². The van der Waals surface area contributed by atoms with Gasteiger partial charge in [0.15, 0.2) is 5.65 Å². The highest BCUT2D eigenvalue weighted by molar-refractivity contribution is 6.00. The number of pyridine rings is 1. The van der Waals surface area contributed by atoms with Gasteiger partial charge in [0.1, 0.15) is 23.1 Å². The predicted octanol–water partition coefficient (Wildman–Crippen LogP) is 3.04. The van der Waals surface area contributed by atoms with Gasteiger partial charge in [-0.15, -0.1) is 0 Å². The van der Waals surface area contributed by atoms with E-state index in [4.69, 9.17) is 9.15 Å². The highest BCUT2D eigenvalue weighted by Crippen LogP contribution is 2.31. The Morgan fingerprint density at radius 3 is 2.80 bits per heavy atom. The fraction of sp³-hybridized carbons (Fsp3) is 0.227. The molecule has 0 radical (unpaired) electrons. The second kappa shape index (κ2) is 7.54. The van der Waals surface area contributed by atoms with Gasteiger partial charge in [-0.3, -0.25) is 9.20 Å². The zero-order valence-electron chi connectivity index (χ0n) is 16.2. The van der Waals surface area contributed by atoms with Crippen LogP contribution < -0.4 is 5.32 Å². The number of hydrogen-bond donors (Lipinski definition) is 1. The summed E-state index contributed by atoms with van der Waals surface area (Å²) in [6.45, 7) is 2.55. The molecule has 1 amide bonds. The minimum atomic E-state index is -0.153. The molecule has 30 heavy (non-hydrogen) atoms. The molecule has 0 atom stereocenters. The summed E-state index contributed by atoms with van der Waals surface area (Å²) in [7, 11) is 0. The van der Waals surface area contributed by atoms with Crippen LogP contribution in [-0.2, 0) is 11.3 Å². The van der Waals surface area contributed by atoms with Gasteiger partial charge in [0, 0.05) is 24.7 Å². The molecule has 1 aliphatic heterocycles. The number of para-hydroxylation sites is 1. The molecule has 0 saturated carbocycles. The number of fused-ring (bicyclic) bond motifs is 3. The van der Waals surface area contributed by atoms with Crippen LogP contribution >= 0.6 is 0 Å². The van der Waals surface area contributed by atoms with Crippen LogP contribution in [0.25, 0.3) is 16.6 Å². The summed E-state index contributed by atoms with van der Waals surface area (Å²) < 4.78 is 12.6. The molecule has 1 fully saturated rings. The van der Waals surface area contributed by atoms with Crippen molar-refractivity contribution >= 4 is 28.1 Å². The lowest BCUT2D eigenvalue weighted by molar-refractivity contribution is 0.0299. The Hall–Kier alpha value is -3.83. The number of hydrogen-bond acceptors (Lipinski definition) is 6. The molecule has 4 aromatic rings. The van der Waals surface area contributed by atoms with E-state index in [9.17, 15) is 10.1 Å². The van der Waals surface area contributed by atoms with E-state index >= 15 is 0 Å². The van der Waals surface area contributed by atoms with Crippen LogP contribution in [0.4, 0.5) is 5.69 Å². The lowest BCUT2D eigenvalue weighted by Crippen LogP contribution is -2.40. The second-order valence-corrected chi connectivity index (χ2v) is 7.04. The number of imidazole rings is 1. The van der Waals surface area contributed by atoms with E-state index in [0.29, 0.717) is 55.4 Å². The molecular weight excluding hydrogens is 382 g/mol. The number of ether oxygens (including phenoxy) is 1. The third kappa shape index (κ3) is 3.06. The Morgan fingerprint density at radius 1 is 1.20 bits per heavy atom. The lowest BCUT2D eigenvalue weighted by atomic mass is 10.1. The number of aromatic nitrogens is 2. The van der Waals surface area contributed by atoms with Crippen molar-refractivity contribution in [3.63, 3.8) is 0 Å². The summed E-state index contributed by atoms with van der Waals surface area (Å²) in [4.78, 5) is 19.2. The fourth-order valence-corrected chi connectivity index (χ4v) is 3.79. The Bertz CT molecular complexity index is 1260. The first-order valence-corrected chi connectivity index (χ1v) is 9.73. The van der Waals surface area contributed by atoms with Crippen molar-refractivity contribution in [3.8, 4) is 6.07 Å². The lowest BCUT2D eigenvalue weighted by Gasteiger charge is -2.25. The molecule has 150 valence electrons. The molecule has 0 spiro atoms. The minimum absolute atomic E-state index is 0.153. The van der Waals surface area contributed by atoms with Gasteiger partial charge in [-0.05, 0) is 18.2 Å². The standard InChI is InChI=1S/C22H19N5O3/c23-12-17-20(24-13-15-4-3-9-30-15)16-5-1-2-6-19(16)27-14-18(25-21(17)27)22(28)26-7-10-29-11-8-26/h1-6,9,14,24H,7-8,10-11,13H2. The normalized spacial score (nSPS) is 14.2. The molecule has 1 aromatic carbocycles. The molecule has 1 saturated heterocycles. The molecule has 1 aliphatic rings. The summed E-state index contributed by atoms with van der Waals surface area (Å²) >= 11 is 0. The molecule has 8 nitrogen and oxygen atoms in total. The van der Waals surface area contributed by atoms with Crippen LogP contribution in [0.1, 0.15) is 21.8 Å². The first-order valence-electron chi connectivity index (χ1n) is 9.73. The van der Waals surface area contributed by atoms with Gasteiger partial charge < -0.3 is 19.4 Å². The first-order chi connectivity index (χ1) is 14.8. The molecule has 0 bridgehead atoms. The average Bonchev–Trinajstić information content (AvgIpc) is 3.47. The van der Waals surface area contributed by atoms with Crippen molar-refractivity contribution in [3.05, 3.63) is 65.9 Å². The highest BCUT2D eigenvalue weighted by Gasteiger charge is 2.24. The summed E-state index contributed by atoms with van der Waals surface area (Å²) in [5.41, 5.74) is 2.70. The number of morpholine rings is 1. The molecule has 1 N–H and O–H groups in total. The quantitative estimate of drug-likeness (QED) is 0.565. The van der Waals surface area contributed by atoms with Gasteiger partial charge >= 0.3 is 0 Å². The molecule has 8 heteroatoms. The number of carbonyl (C=O) groups excluding carboxylic acids is 1. The topological polar surface area (TPSA) is 95.8 Å². The van der Waals surface area contributed by atoms with E-state index in [2.05, 4.69) is 16.4 Å². The number of nitrogens with zero attached hydrogens (tertiary/aromatic N) is 4. The maximum atomic E-state index is 13.0. The van der Waals surface area contributed by atoms with Gasteiger partial charge in [0.25, 0.3) is 5.91 Å². The number of furan rings is 1. The second-order valence-electron chi connectivity index (χ2n) is 7.04. The van der Waals surface area contributed by atoms with E-state index in [1.807, 2.05) is 40.8 Å². The molecule has 5 rings (SSSR count). The molecule has 0 aliphatic carbocycles. The Balaban J connectivity index is 1.64. The molecule has 0 unspecified atom stereocenters. The van der Waals surface area contributed by atoms with E-state index in [0.717, 1.165) is 16.7 Å². The third-order valence-corrected chi connectivity index (χ3v) is 5.26. The number of anilines is 1. The van der Waals surface area contributed by atoms with Crippen molar-refractivity contribution in [2.24, 2.45) is 0 Å². The molecular formula is C22H19N5O3. The van der Waals surface area contributed by atoms with Crippen molar-refractivity contribution in [2.75, 3.05) is 31.6 Å². The maximum absolute atomic E-state index is 13.0. The van der Waals surface area contributed by atoms with Gasteiger partial charge in [-0.1, -0.05) is 18.2 Å². The predicted molar refractivity (Wildman–Crippen MR) is 110 cm³/mol. The fourth-order valence-electron chi connectivity index (χ4n) is 3.79. The van der Waals surface area contributed by atoms with Gasteiger partial charge in [-0.25, -0.2) is 4.98 Å². The maximum Gasteiger partial charge on any atom is 0.274 e. The van der Waals surface area contributed by atoms with Crippen LogP contribution in [0.5, 0.6) is 0 Å². The smallest absolute Gasteiger partial charge is 0.274 e. The van der Waals surface area contributed by atoms with E-state index in [-0.39, 0.29) is 5.91 Å². The van der Waals surface area contributed by atoms with Crippen LogP contribution in [0.2, 0.25) is 0 Å². The number of benzene rings is 1. The SMILES string of the molecule is N#Cc1c(NCc2ccco2)c2ccccc2n2cc(C(=O)N3CCOCC3)nc12. The van der Waals surface area contributed by atoms with Gasteiger partial charge in [0.05, 0.1) is 37.2 Å². The van der Waals surface area contributed by atoms with Crippen LogP contribution in [0.15, 0.2) is 53.3 Å². The van der Waals surface area contributed by atoms with Gasteiger partial charge in [-0.2, -0.15) is 5.26 Å². The molecule has 4 heterocycles. The van der Waals surface area contributed by atoms with E-state index < -0.39 is 0 Å². The number of nitriles is 1. The van der Waals surface area contributed by atoms with Gasteiger partial charge in [0.2, 0.25) is 0 Å². The van der Waals surface area contributed by atoms with Crippen molar-refractivity contribution in [1.82, 2.24) is 14.3 Å². The zero-order valence-corrected chi connectivity index (χ0v) is 16.2. The van der Waals surface area contributed by atoms with E-state index in [1.165, 1.54) is 0 Å². The Kier molecular flexibility index (Phi) is 4.58. The summed E-state index contributed by atoms with van der Waals surface area (Å²) in [5.74, 6) is 0.606. The minimum Gasteiger partial charge on any atom is -0.467 e. The number of rotatable bonds is 4. The number of nitrogens with one attached hydrogen (secondary N) is 1. The highest BCUT2D eigenvalue weighted by atomic mass is 16.5. The first kappa shape index (κ1) is 18.2. The summed E-state index contributed by atoms with van der Waals surface area (Å²) in [6.07, 6.45) is 3.33. The Morgan fingerprint density at radius 2 is 2.03 bits per heavy atom. The van der Waals surface area contributed by atoms with Crippen LogP contribution in [0, 0.1) is 11.3 Å². The summed E-state index contributed by atoms with van der Waals surface area (Å²) in [5, 5.41) is 14.1. The van der Waals surface area contributed by atoms with E-state index in [1.54, 1.807) is 17.4 Å².